The topological polar surface area (TPSA) is 3.24 Å². The van der Waals surface area contributed by atoms with Gasteiger partial charge in [-0.15, -0.1) is 0 Å². The van der Waals surface area contributed by atoms with Crippen LogP contribution in [0.1, 0.15) is 317 Å². The van der Waals surface area contributed by atoms with Gasteiger partial charge in [0.05, 0.1) is 0 Å². The summed E-state index contributed by atoms with van der Waals surface area (Å²) >= 11 is 0. The maximum atomic E-state index is 3.04. The van der Waals surface area contributed by atoms with E-state index in [0.717, 1.165) is 6.04 Å². The molecule has 0 aromatic carbocycles. The van der Waals surface area contributed by atoms with Gasteiger partial charge in [0.2, 0.25) is 0 Å². The van der Waals surface area contributed by atoms with Crippen molar-refractivity contribution in [3.63, 3.8) is 0 Å². The van der Waals surface area contributed by atoms with Crippen molar-refractivity contribution in [2.45, 2.75) is 323 Å². The van der Waals surface area contributed by atoms with Crippen LogP contribution >= 0.6 is 0 Å². The maximum absolute atomic E-state index is 3.04. The van der Waals surface area contributed by atoms with Crippen molar-refractivity contribution in [1.82, 2.24) is 4.90 Å². The smallest absolute Gasteiger partial charge is 0.00952 e. The van der Waals surface area contributed by atoms with Crippen molar-refractivity contribution < 1.29 is 0 Å². The summed E-state index contributed by atoms with van der Waals surface area (Å²) in [4.78, 5) is 3.04. The SMILES string of the molecule is CCCCCCCCCCCCCCCCCCC(CCCCCCC)N(CCCCCCCC)CCCCCCCCCCCCCCCCCC. The lowest BCUT2D eigenvalue weighted by atomic mass is 9.97. The Balaban J connectivity index is 4.40. The first kappa shape index (κ1) is 53.0. The van der Waals surface area contributed by atoms with E-state index < -0.39 is 0 Å². The van der Waals surface area contributed by atoms with E-state index in [9.17, 15) is 0 Å². The van der Waals surface area contributed by atoms with Gasteiger partial charge in [-0.1, -0.05) is 291 Å². The zero-order valence-corrected chi connectivity index (χ0v) is 38.3. The third kappa shape index (κ3) is 42.9. The quantitative estimate of drug-likeness (QED) is 0.0561. The number of nitrogens with zero attached hydrogens (tertiary/aromatic N) is 1. The molecule has 1 atom stereocenters. The molecule has 1 nitrogen and oxygen atoms in total. The molecular weight excluding hydrogens is 639 g/mol. The van der Waals surface area contributed by atoms with Crippen LogP contribution in [0.15, 0.2) is 0 Å². The lowest BCUT2D eigenvalue weighted by Crippen LogP contribution is -2.37. The van der Waals surface area contributed by atoms with Crippen LogP contribution in [0.2, 0.25) is 0 Å². The predicted molar refractivity (Wildman–Crippen MR) is 246 cm³/mol. The molecule has 0 saturated carbocycles. The fourth-order valence-corrected chi connectivity index (χ4v) is 8.86. The summed E-state index contributed by atoms with van der Waals surface area (Å²) in [6, 6.07) is 0.857. The third-order valence-electron chi connectivity index (χ3n) is 12.6. The van der Waals surface area contributed by atoms with Crippen molar-refractivity contribution >= 4 is 0 Å². The molecular formula is C52H107N. The van der Waals surface area contributed by atoms with Crippen LogP contribution in [0.3, 0.4) is 0 Å². The van der Waals surface area contributed by atoms with E-state index in [4.69, 9.17) is 0 Å². The summed E-state index contributed by atoms with van der Waals surface area (Å²) in [5.41, 5.74) is 0. The molecule has 0 aliphatic carbocycles. The Morgan fingerprint density at radius 1 is 0.208 bits per heavy atom. The second-order valence-corrected chi connectivity index (χ2v) is 18.1. The first-order valence-electron chi connectivity index (χ1n) is 26.0. The molecule has 0 amide bonds. The highest BCUT2D eigenvalue weighted by molar-refractivity contribution is 4.73. The van der Waals surface area contributed by atoms with E-state index in [0.29, 0.717) is 0 Å². The van der Waals surface area contributed by atoms with Gasteiger partial charge in [-0.3, -0.25) is 0 Å². The Bertz CT molecular complexity index is 614. The van der Waals surface area contributed by atoms with Gasteiger partial charge in [0.1, 0.15) is 0 Å². The number of rotatable bonds is 48. The minimum absolute atomic E-state index is 0.857. The van der Waals surface area contributed by atoms with Crippen LogP contribution in [0, 0.1) is 0 Å². The molecule has 0 bridgehead atoms. The van der Waals surface area contributed by atoms with E-state index in [1.165, 1.54) is 302 Å². The molecule has 0 aromatic rings. The van der Waals surface area contributed by atoms with Gasteiger partial charge in [-0.25, -0.2) is 0 Å². The fraction of sp³-hybridized carbons (Fsp3) is 1.00. The number of hydrogen-bond donors (Lipinski definition) is 0. The summed E-state index contributed by atoms with van der Waals surface area (Å²) < 4.78 is 0. The molecule has 1 unspecified atom stereocenters. The summed E-state index contributed by atoms with van der Waals surface area (Å²) in [7, 11) is 0. The van der Waals surface area contributed by atoms with Crippen LogP contribution in [-0.2, 0) is 0 Å². The standard InChI is InChI=1S/C52H107N/c1-5-9-13-17-20-22-24-26-28-30-32-34-36-38-41-45-49-52(48-44-40-16-12-8-4)53(50-46-42-19-15-11-7-3)51-47-43-39-37-35-33-31-29-27-25-23-21-18-14-10-6-2/h52H,5-51H2,1-4H3. The lowest BCUT2D eigenvalue weighted by Gasteiger charge is -2.32. The van der Waals surface area contributed by atoms with E-state index in [1.54, 1.807) is 0 Å². The molecule has 0 aliphatic heterocycles. The van der Waals surface area contributed by atoms with Gasteiger partial charge < -0.3 is 4.90 Å². The van der Waals surface area contributed by atoms with Crippen LogP contribution in [0.25, 0.3) is 0 Å². The molecule has 0 aliphatic rings. The first-order chi connectivity index (χ1) is 26.3. The normalized spacial score (nSPS) is 12.4. The zero-order valence-electron chi connectivity index (χ0n) is 38.3. The average molecular weight is 746 g/mol. The molecule has 53 heavy (non-hydrogen) atoms. The summed E-state index contributed by atoms with van der Waals surface area (Å²) in [5, 5.41) is 0. The number of hydrogen-bond acceptors (Lipinski definition) is 1. The van der Waals surface area contributed by atoms with E-state index in [-0.39, 0.29) is 0 Å². The minimum Gasteiger partial charge on any atom is -0.300 e. The third-order valence-corrected chi connectivity index (χ3v) is 12.6. The molecule has 320 valence electrons. The fourth-order valence-electron chi connectivity index (χ4n) is 8.86. The largest absolute Gasteiger partial charge is 0.300 e. The van der Waals surface area contributed by atoms with Crippen LogP contribution in [0.4, 0.5) is 0 Å². The van der Waals surface area contributed by atoms with Crippen molar-refractivity contribution in [1.29, 1.82) is 0 Å². The molecule has 0 rings (SSSR count). The van der Waals surface area contributed by atoms with Gasteiger partial charge in [0.25, 0.3) is 0 Å². The molecule has 0 fully saturated rings. The zero-order chi connectivity index (χ0) is 38.4. The van der Waals surface area contributed by atoms with Crippen LogP contribution in [0.5, 0.6) is 0 Å². The Hall–Kier alpha value is -0.0400. The highest BCUT2D eigenvalue weighted by Crippen LogP contribution is 2.22. The van der Waals surface area contributed by atoms with Gasteiger partial charge in [0, 0.05) is 6.04 Å². The molecule has 0 aromatic heterocycles. The molecule has 0 saturated heterocycles. The van der Waals surface area contributed by atoms with Crippen LogP contribution < -0.4 is 0 Å². The molecule has 0 radical (unpaired) electrons. The van der Waals surface area contributed by atoms with E-state index in [2.05, 4.69) is 32.6 Å². The first-order valence-corrected chi connectivity index (χ1v) is 26.0. The number of unbranched alkanes of at least 4 members (excludes halogenated alkanes) is 39. The molecule has 0 spiro atoms. The Morgan fingerprint density at radius 3 is 0.585 bits per heavy atom. The van der Waals surface area contributed by atoms with E-state index >= 15 is 0 Å². The second kappa shape index (κ2) is 48.1. The summed E-state index contributed by atoms with van der Waals surface area (Å²) in [6.07, 6.45) is 65.8. The average Bonchev–Trinajstić information content (AvgIpc) is 3.17. The Morgan fingerprint density at radius 2 is 0.377 bits per heavy atom. The second-order valence-electron chi connectivity index (χ2n) is 18.1. The van der Waals surface area contributed by atoms with Gasteiger partial charge in [-0.05, 0) is 38.8 Å². The molecule has 1 heteroatoms. The highest BCUT2D eigenvalue weighted by atomic mass is 15.1. The van der Waals surface area contributed by atoms with Crippen molar-refractivity contribution in [3.8, 4) is 0 Å². The minimum atomic E-state index is 0.857. The van der Waals surface area contributed by atoms with Gasteiger partial charge in [0.15, 0.2) is 0 Å². The van der Waals surface area contributed by atoms with Crippen LogP contribution in [-0.4, -0.2) is 24.0 Å². The summed E-state index contributed by atoms with van der Waals surface area (Å²) in [6.45, 7) is 12.1. The van der Waals surface area contributed by atoms with E-state index in [1.807, 2.05) is 0 Å². The summed E-state index contributed by atoms with van der Waals surface area (Å²) in [5.74, 6) is 0. The molecule has 0 N–H and O–H groups in total. The van der Waals surface area contributed by atoms with Crippen molar-refractivity contribution in [3.05, 3.63) is 0 Å². The molecule has 0 heterocycles. The highest BCUT2D eigenvalue weighted by Gasteiger charge is 2.18. The van der Waals surface area contributed by atoms with Crippen molar-refractivity contribution in [2.24, 2.45) is 0 Å². The maximum Gasteiger partial charge on any atom is 0.00952 e. The Labute approximate surface area is 339 Å². The Kier molecular flexibility index (Phi) is 48.1. The van der Waals surface area contributed by atoms with Gasteiger partial charge >= 0.3 is 0 Å². The van der Waals surface area contributed by atoms with Crippen molar-refractivity contribution in [2.75, 3.05) is 13.1 Å². The predicted octanol–water partition coefficient (Wildman–Crippen LogP) is 19.3. The monoisotopic (exact) mass is 746 g/mol. The van der Waals surface area contributed by atoms with Gasteiger partial charge in [-0.2, -0.15) is 0 Å². The lowest BCUT2D eigenvalue weighted by molar-refractivity contribution is 0.163.